The van der Waals surface area contributed by atoms with Gasteiger partial charge in [0.2, 0.25) is 0 Å². The van der Waals surface area contributed by atoms with Gasteiger partial charge in [-0.05, 0) is 25.8 Å². The van der Waals surface area contributed by atoms with Crippen molar-refractivity contribution in [2.75, 3.05) is 13.1 Å². The van der Waals surface area contributed by atoms with Crippen molar-refractivity contribution in [1.29, 1.82) is 0 Å². The molecule has 1 aliphatic rings. The van der Waals surface area contributed by atoms with E-state index in [-0.39, 0.29) is 12.1 Å². The van der Waals surface area contributed by atoms with Crippen molar-refractivity contribution >= 4 is 12.0 Å². The lowest BCUT2D eigenvalue weighted by Gasteiger charge is -2.24. The lowest BCUT2D eigenvalue weighted by Crippen LogP contribution is -2.42. The average Bonchev–Trinajstić information content (AvgIpc) is 2.89. The van der Waals surface area contributed by atoms with Crippen LogP contribution in [0.5, 0.6) is 0 Å². The summed E-state index contributed by atoms with van der Waals surface area (Å²) in [7, 11) is 0. The van der Waals surface area contributed by atoms with E-state index in [0.717, 1.165) is 12.1 Å². The fraction of sp³-hybridized carbons (Fsp3) is 0.500. The highest BCUT2D eigenvalue weighted by molar-refractivity contribution is 5.79. The Labute approximate surface area is 133 Å². The zero-order chi connectivity index (χ0) is 17.2. The number of carboxylic acids is 1. The fourth-order valence-corrected chi connectivity index (χ4v) is 2.73. The zero-order valence-corrected chi connectivity index (χ0v) is 13.1. The third kappa shape index (κ3) is 3.60. The van der Waals surface area contributed by atoms with Gasteiger partial charge >= 0.3 is 12.0 Å². The largest absolute Gasteiger partial charge is 0.481 e. The Morgan fingerprint density at radius 3 is 2.65 bits per heavy atom. The maximum atomic E-state index is 13.9. The van der Waals surface area contributed by atoms with Crippen molar-refractivity contribution in [2.45, 2.75) is 32.7 Å². The van der Waals surface area contributed by atoms with E-state index < -0.39 is 35.1 Å². The number of nitrogens with zero attached hydrogens (tertiary/aromatic N) is 1. The summed E-state index contributed by atoms with van der Waals surface area (Å²) in [5.74, 6) is -2.33. The molecule has 1 saturated heterocycles. The van der Waals surface area contributed by atoms with Gasteiger partial charge in [-0.15, -0.1) is 0 Å². The number of carbonyl (C=O) groups is 2. The highest BCUT2D eigenvalue weighted by Crippen LogP contribution is 2.30. The van der Waals surface area contributed by atoms with Gasteiger partial charge in [-0.25, -0.2) is 13.6 Å². The van der Waals surface area contributed by atoms with Crippen molar-refractivity contribution in [3.63, 3.8) is 0 Å². The standard InChI is InChI=1S/C16H20F2N2O3/c1-3-13(11-5-4-10(17)8-12(11)18)19-15(23)20-7-6-16(2,9-20)14(21)22/h4-5,8,13H,3,6-7,9H2,1-2H3,(H,19,23)(H,21,22). The van der Waals surface area contributed by atoms with Crippen LogP contribution in [0, 0.1) is 17.0 Å². The Morgan fingerprint density at radius 2 is 2.13 bits per heavy atom. The molecule has 2 amide bonds. The molecule has 7 heteroatoms. The molecule has 1 aliphatic heterocycles. The molecule has 2 unspecified atom stereocenters. The number of benzene rings is 1. The van der Waals surface area contributed by atoms with E-state index in [1.54, 1.807) is 13.8 Å². The first-order valence-electron chi connectivity index (χ1n) is 7.50. The quantitative estimate of drug-likeness (QED) is 0.894. The average molecular weight is 326 g/mol. The molecule has 5 nitrogen and oxygen atoms in total. The lowest BCUT2D eigenvalue weighted by molar-refractivity contribution is -0.147. The summed E-state index contributed by atoms with van der Waals surface area (Å²) in [6.07, 6.45) is 0.801. The fourth-order valence-electron chi connectivity index (χ4n) is 2.73. The minimum Gasteiger partial charge on any atom is -0.481 e. The number of halogens is 2. The van der Waals surface area contributed by atoms with Crippen molar-refractivity contribution in [3.8, 4) is 0 Å². The van der Waals surface area contributed by atoms with Gasteiger partial charge in [-0.3, -0.25) is 4.79 Å². The smallest absolute Gasteiger partial charge is 0.317 e. The van der Waals surface area contributed by atoms with Crippen molar-refractivity contribution in [3.05, 3.63) is 35.4 Å². The van der Waals surface area contributed by atoms with Gasteiger partial charge in [-0.1, -0.05) is 13.0 Å². The number of nitrogens with one attached hydrogen (secondary N) is 1. The molecule has 2 atom stereocenters. The van der Waals surface area contributed by atoms with Crippen molar-refractivity contribution < 1.29 is 23.5 Å². The molecule has 0 spiro atoms. The Bertz CT molecular complexity index is 623. The van der Waals surface area contributed by atoms with Crippen LogP contribution in [0.1, 0.15) is 38.3 Å². The zero-order valence-electron chi connectivity index (χ0n) is 13.1. The monoisotopic (exact) mass is 326 g/mol. The molecule has 1 aromatic rings. The molecule has 0 bridgehead atoms. The maximum absolute atomic E-state index is 13.9. The Kier molecular flexibility index (Phi) is 4.87. The Hall–Kier alpha value is -2.18. The maximum Gasteiger partial charge on any atom is 0.317 e. The van der Waals surface area contributed by atoms with Crippen LogP contribution in [0.15, 0.2) is 18.2 Å². The first kappa shape index (κ1) is 17.2. The molecule has 0 radical (unpaired) electrons. The van der Waals surface area contributed by atoms with Crippen molar-refractivity contribution in [1.82, 2.24) is 10.2 Å². The van der Waals surface area contributed by atoms with E-state index in [0.29, 0.717) is 19.4 Å². The van der Waals surface area contributed by atoms with E-state index in [1.807, 2.05) is 0 Å². The molecule has 1 fully saturated rings. The summed E-state index contributed by atoms with van der Waals surface area (Å²) in [4.78, 5) is 24.9. The normalized spacial score (nSPS) is 22.0. The third-order valence-electron chi connectivity index (χ3n) is 4.32. The molecule has 23 heavy (non-hydrogen) atoms. The van der Waals surface area contributed by atoms with Crippen LogP contribution in [0.2, 0.25) is 0 Å². The number of hydrogen-bond acceptors (Lipinski definition) is 2. The highest BCUT2D eigenvalue weighted by Gasteiger charge is 2.42. The van der Waals surface area contributed by atoms with Crippen LogP contribution in [-0.4, -0.2) is 35.1 Å². The Morgan fingerprint density at radius 1 is 1.43 bits per heavy atom. The predicted octanol–water partition coefficient (Wildman–Crippen LogP) is 2.92. The lowest BCUT2D eigenvalue weighted by atomic mass is 9.90. The topological polar surface area (TPSA) is 69.6 Å². The second-order valence-corrected chi connectivity index (χ2v) is 6.11. The van der Waals surface area contributed by atoms with Gasteiger partial charge in [0, 0.05) is 24.7 Å². The van der Waals surface area contributed by atoms with E-state index in [1.165, 1.54) is 11.0 Å². The van der Waals surface area contributed by atoms with Gasteiger partial charge in [0.05, 0.1) is 11.5 Å². The summed E-state index contributed by atoms with van der Waals surface area (Å²) >= 11 is 0. The van der Waals surface area contributed by atoms with Crippen molar-refractivity contribution in [2.24, 2.45) is 5.41 Å². The number of hydrogen-bond donors (Lipinski definition) is 2. The van der Waals surface area contributed by atoms with Crippen LogP contribution < -0.4 is 5.32 Å². The molecule has 0 saturated carbocycles. The molecule has 1 aromatic carbocycles. The second-order valence-electron chi connectivity index (χ2n) is 6.11. The molecular weight excluding hydrogens is 306 g/mol. The summed E-state index contributed by atoms with van der Waals surface area (Å²) in [6.45, 7) is 3.81. The molecule has 126 valence electrons. The first-order valence-corrected chi connectivity index (χ1v) is 7.50. The van der Waals surface area contributed by atoms with Gasteiger partial charge in [-0.2, -0.15) is 0 Å². The molecule has 2 rings (SSSR count). The first-order chi connectivity index (χ1) is 10.8. The van der Waals surface area contributed by atoms with E-state index in [4.69, 9.17) is 0 Å². The summed E-state index contributed by atoms with van der Waals surface area (Å²) < 4.78 is 26.9. The highest BCUT2D eigenvalue weighted by atomic mass is 19.1. The van der Waals surface area contributed by atoms with E-state index in [2.05, 4.69) is 5.32 Å². The van der Waals surface area contributed by atoms with Crippen LogP contribution in [0.4, 0.5) is 13.6 Å². The second kappa shape index (κ2) is 6.52. The van der Waals surface area contributed by atoms with Gasteiger partial charge < -0.3 is 15.3 Å². The van der Waals surface area contributed by atoms with Crippen LogP contribution in [0.3, 0.4) is 0 Å². The SMILES string of the molecule is CCC(NC(=O)N1CCC(C)(C(=O)O)C1)c1ccc(F)cc1F. The van der Waals surface area contributed by atoms with Crippen LogP contribution in [0.25, 0.3) is 0 Å². The third-order valence-corrected chi connectivity index (χ3v) is 4.32. The number of aliphatic carboxylic acids is 1. The molecule has 0 aromatic heterocycles. The summed E-state index contributed by atoms with van der Waals surface area (Å²) in [5.41, 5.74) is -0.748. The molecule has 0 aliphatic carbocycles. The summed E-state index contributed by atoms with van der Waals surface area (Å²) in [5, 5.41) is 11.9. The van der Waals surface area contributed by atoms with Gasteiger partial charge in [0.15, 0.2) is 0 Å². The van der Waals surface area contributed by atoms with Gasteiger partial charge in [0.1, 0.15) is 11.6 Å². The number of amides is 2. The van der Waals surface area contributed by atoms with Gasteiger partial charge in [0.25, 0.3) is 0 Å². The van der Waals surface area contributed by atoms with E-state index >= 15 is 0 Å². The number of urea groups is 1. The Balaban J connectivity index is 2.08. The number of carboxylic acid groups (broad SMARTS) is 1. The van der Waals surface area contributed by atoms with E-state index in [9.17, 15) is 23.5 Å². The minimum absolute atomic E-state index is 0.108. The van der Waals surface area contributed by atoms with Crippen LogP contribution >= 0.6 is 0 Å². The molecule has 2 N–H and O–H groups in total. The van der Waals surface area contributed by atoms with Crippen LogP contribution in [-0.2, 0) is 4.79 Å². The summed E-state index contributed by atoms with van der Waals surface area (Å²) in [6, 6.07) is 2.20. The number of rotatable bonds is 4. The molecule has 1 heterocycles. The minimum atomic E-state index is -0.958. The number of carbonyl (C=O) groups excluding carboxylic acids is 1. The predicted molar refractivity (Wildman–Crippen MR) is 79.9 cm³/mol. The number of likely N-dealkylation sites (tertiary alicyclic amines) is 1. The molecular formula is C16H20F2N2O3.